The summed E-state index contributed by atoms with van der Waals surface area (Å²) in [6, 6.07) is 16.5. The topological polar surface area (TPSA) is 75.7 Å². The molecule has 0 aliphatic carbocycles. The van der Waals surface area contributed by atoms with Crippen LogP contribution in [0.5, 0.6) is 5.75 Å². The minimum Gasteiger partial charge on any atom is -0.489 e. The molecule has 0 aromatic heterocycles. The van der Waals surface area contributed by atoms with Gasteiger partial charge in [-0.1, -0.05) is 41.9 Å². The van der Waals surface area contributed by atoms with Crippen LogP contribution in [-0.2, 0) is 22.6 Å². The lowest BCUT2D eigenvalue weighted by molar-refractivity contribution is -0.122. The summed E-state index contributed by atoms with van der Waals surface area (Å²) in [6.45, 7) is 4.04. The van der Waals surface area contributed by atoms with Crippen LogP contribution >= 0.6 is 11.6 Å². The molecule has 0 unspecified atom stereocenters. The monoisotopic (exact) mass is 490 g/mol. The van der Waals surface area contributed by atoms with E-state index in [-0.39, 0.29) is 17.9 Å². The molecular formula is C27H20ClFN2O4. The Kier molecular flexibility index (Phi) is 7.08. The molecule has 0 spiro atoms. The molecule has 1 aliphatic heterocycles. The zero-order valence-corrected chi connectivity index (χ0v) is 19.2. The number of barbiturate groups is 1. The maximum Gasteiger partial charge on any atom is 0.335 e. The molecular weight excluding hydrogens is 471 g/mol. The van der Waals surface area contributed by atoms with Gasteiger partial charge < -0.3 is 4.74 Å². The van der Waals surface area contributed by atoms with E-state index < -0.39 is 23.7 Å². The second-order valence-electron chi connectivity index (χ2n) is 7.67. The molecule has 1 saturated heterocycles. The lowest BCUT2D eigenvalue weighted by Gasteiger charge is -2.26. The van der Waals surface area contributed by atoms with Crippen molar-refractivity contribution < 1.29 is 23.5 Å². The fourth-order valence-corrected chi connectivity index (χ4v) is 3.76. The number of carbonyl (C=O) groups is 3. The van der Waals surface area contributed by atoms with E-state index in [1.54, 1.807) is 30.3 Å². The summed E-state index contributed by atoms with van der Waals surface area (Å²) < 4.78 is 19.2. The molecule has 8 heteroatoms. The van der Waals surface area contributed by atoms with Crippen molar-refractivity contribution in [3.05, 3.63) is 112 Å². The molecule has 4 rings (SSSR count). The van der Waals surface area contributed by atoms with E-state index in [4.69, 9.17) is 16.3 Å². The zero-order valence-electron chi connectivity index (χ0n) is 18.5. The summed E-state index contributed by atoms with van der Waals surface area (Å²) in [5.74, 6) is -1.54. The molecule has 1 aliphatic rings. The van der Waals surface area contributed by atoms with Crippen LogP contribution in [0.15, 0.2) is 85.0 Å². The lowest BCUT2D eigenvalue weighted by atomic mass is 10.0. The summed E-state index contributed by atoms with van der Waals surface area (Å²) in [7, 11) is 0. The summed E-state index contributed by atoms with van der Waals surface area (Å²) in [6.07, 6.45) is 3.59. The molecule has 0 radical (unpaired) electrons. The highest BCUT2D eigenvalue weighted by atomic mass is 35.5. The van der Waals surface area contributed by atoms with Crippen molar-refractivity contribution in [2.45, 2.75) is 13.0 Å². The second-order valence-corrected chi connectivity index (χ2v) is 8.08. The quantitative estimate of drug-likeness (QED) is 0.271. The predicted octanol–water partition coefficient (Wildman–Crippen LogP) is 5.45. The van der Waals surface area contributed by atoms with Gasteiger partial charge in [0.05, 0.1) is 5.69 Å². The molecule has 176 valence electrons. The fourth-order valence-electron chi connectivity index (χ4n) is 3.56. The second kappa shape index (κ2) is 10.4. The van der Waals surface area contributed by atoms with Crippen LogP contribution in [0.4, 0.5) is 14.9 Å². The molecule has 1 heterocycles. The standard InChI is InChI=1S/C27H20ClFN2O4/c1-2-5-18-14-17(8-13-24(18)35-16-19-6-3-4-7-23(19)28)15-22-25(32)30-27(34)31(26(22)33)21-11-9-20(29)10-12-21/h2-4,6-15H,1,5,16H2,(H,30,32,34)/b22-15+. The van der Waals surface area contributed by atoms with E-state index >= 15 is 0 Å². The molecule has 4 amide bonds. The number of nitrogens with one attached hydrogen (secondary N) is 1. The van der Waals surface area contributed by atoms with Crippen molar-refractivity contribution in [1.82, 2.24) is 5.32 Å². The Morgan fingerprint density at radius 2 is 1.74 bits per heavy atom. The van der Waals surface area contributed by atoms with E-state index in [0.717, 1.165) is 28.2 Å². The van der Waals surface area contributed by atoms with Crippen molar-refractivity contribution in [1.29, 1.82) is 0 Å². The number of nitrogens with zero attached hydrogens (tertiary/aromatic N) is 1. The van der Waals surface area contributed by atoms with Gasteiger partial charge in [-0.15, -0.1) is 6.58 Å². The highest BCUT2D eigenvalue weighted by Crippen LogP contribution is 2.27. The molecule has 0 bridgehead atoms. The van der Waals surface area contributed by atoms with Gasteiger partial charge in [0, 0.05) is 10.6 Å². The van der Waals surface area contributed by atoms with Gasteiger partial charge >= 0.3 is 6.03 Å². The van der Waals surface area contributed by atoms with Gasteiger partial charge in [-0.05, 0) is 66.1 Å². The third-order valence-corrected chi connectivity index (χ3v) is 5.66. The molecule has 0 atom stereocenters. The average molecular weight is 491 g/mol. The first kappa shape index (κ1) is 23.9. The number of anilines is 1. The van der Waals surface area contributed by atoms with Crippen LogP contribution in [-0.4, -0.2) is 17.8 Å². The Bertz CT molecular complexity index is 1350. The van der Waals surface area contributed by atoms with Gasteiger partial charge in [-0.25, -0.2) is 14.1 Å². The number of rotatable bonds is 7. The number of hydrogen-bond acceptors (Lipinski definition) is 4. The number of amides is 4. The molecule has 3 aromatic rings. The lowest BCUT2D eigenvalue weighted by Crippen LogP contribution is -2.54. The maximum absolute atomic E-state index is 13.3. The van der Waals surface area contributed by atoms with E-state index in [2.05, 4.69) is 11.9 Å². The number of carbonyl (C=O) groups excluding carboxylic acids is 3. The smallest absolute Gasteiger partial charge is 0.335 e. The van der Waals surface area contributed by atoms with Crippen molar-refractivity contribution in [2.75, 3.05) is 4.90 Å². The first-order valence-electron chi connectivity index (χ1n) is 10.6. The van der Waals surface area contributed by atoms with Gasteiger partial charge in [-0.2, -0.15) is 0 Å². The number of benzene rings is 3. The van der Waals surface area contributed by atoms with Crippen molar-refractivity contribution in [3.63, 3.8) is 0 Å². The Hall–Kier alpha value is -4.23. The SMILES string of the molecule is C=CCc1cc(/C=C2\C(=O)NC(=O)N(c3ccc(F)cc3)C2=O)ccc1OCc1ccccc1Cl. The van der Waals surface area contributed by atoms with Gasteiger partial charge in [0.2, 0.25) is 0 Å². The Labute approximate surface area is 206 Å². The first-order chi connectivity index (χ1) is 16.9. The highest BCUT2D eigenvalue weighted by molar-refractivity contribution is 6.39. The van der Waals surface area contributed by atoms with E-state index in [9.17, 15) is 18.8 Å². The van der Waals surface area contributed by atoms with Crippen LogP contribution in [0.3, 0.4) is 0 Å². The molecule has 0 saturated carbocycles. The van der Waals surface area contributed by atoms with E-state index in [0.29, 0.717) is 22.8 Å². The number of ether oxygens (including phenoxy) is 1. The van der Waals surface area contributed by atoms with Crippen molar-refractivity contribution >= 4 is 41.2 Å². The third-order valence-electron chi connectivity index (χ3n) is 5.29. The van der Waals surface area contributed by atoms with Crippen LogP contribution in [0.2, 0.25) is 5.02 Å². The average Bonchev–Trinajstić information content (AvgIpc) is 2.83. The Morgan fingerprint density at radius 1 is 1.00 bits per heavy atom. The largest absolute Gasteiger partial charge is 0.489 e. The van der Waals surface area contributed by atoms with Gasteiger partial charge in [0.25, 0.3) is 11.8 Å². The van der Waals surface area contributed by atoms with Gasteiger partial charge in [0.15, 0.2) is 0 Å². The van der Waals surface area contributed by atoms with Crippen LogP contribution in [0.1, 0.15) is 16.7 Å². The summed E-state index contributed by atoms with van der Waals surface area (Å²) >= 11 is 6.21. The number of allylic oxidation sites excluding steroid dienone is 1. The highest BCUT2D eigenvalue weighted by Gasteiger charge is 2.36. The maximum atomic E-state index is 13.3. The minimum atomic E-state index is -0.903. The molecule has 6 nitrogen and oxygen atoms in total. The van der Waals surface area contributed by atoms with Crippen LogP contribution in [0, 0.1) is 5.82 Å². The van der Waals surface area contributed by atoms with Gasteiger partial charge in [0.1, 0.15) is 23.7 Å². The Morgan fingerprint density at radius 3 is 2.46 bits per heavy atom. The summed E-state index contributed by atoms with van der Waals surface area (Å²) in [4.78, 5) is 38.6. The molecule has 35 heavy (non-hydrogen) atoms. The normalized spacial score (nSPS) is 14.7. The number of imide groups is 2. The first-order valence-corrected chi connectivity index (χ1v) is 11.0. The summed E-state index contributed by atoms with van der Waals surface area (Å²) in [5.41, 5.74) is 2.08. The van der Waals surface area contributed by atoms with Crippen molar-refractivity contribution in [2.24, 2.45) is 0 Å². The number of halogens is 2. The molecule has 1 N–H and O–H groups in total. The summed E-state index contributed by atoms with van der Waals surface area (Å²) in [5, 5.41) is 2.75. The minimum absolute atomic E-state index is 0.142. The van der Waals surface area contributed by atoms with Crippen molar-refractivity contribution in [3.8, 4) is 5.75 Å². The predicted molar refractivity (Wildman–Crippen MR) is 132 cm³/mol. The zero-order chi connectivity index (χ0) is 24.9. The molecule has 3 aromatic carbocycles. The van der Waals surface area contributed by atoms with Crippen LogP contribution in [0.25, 0.3) is 6.08 Å². The third kappa shape index (κ3) is 5.31. The Balaban J connectivity index is 1.62. The number of urea groups is 1. The van der Waals surface area contributed by atoms with Gasteiger partial charge in [-0.3, -0.25) is 14.9 Å². The van der Waals surface area contributed by atoms with E-state index in [1.165, 1.54) is 18.2 Å². The van der Waals surface area contributed by atoms with E-state index in [1.807, 2.05) is 18.2 Å². The number of hydrogen-bond donors (Lipinski definition) is 1. The fraction of sp³-hybridized carbons (Fsp3) is 0.0741. The molecule has 1 fully saturated rings. The van der Waals surface area contributed by atoms with Crippen LogP contribution < -0.4 is 15.0 Å².